The number of aromatic nitrogens is 2. The largest absolute Gasteiger partial charge is 0.414 e. The molecule has 2 aliphatic rings. The molecule has 0 amide bonds. The van der Waals surface area contributed by atoms with Crippen molar-refractivity contribution in [3.63, 3.8) is 0 Å². The Kier molecular flexibility index (Phi) is 7.11. The monoisotopic (exact) mass is 514 g/mol. The molecule has 1 aromatic heterocycles. The van der Waals surface area contributed by atoms with Crippen LogP contribution in [-0.2, 0) is 18.3 Å². The molecule has 5 atom stereocenters. The maximum absolute atomic E-state index is 12.7. The van der Waals surface area contributed by atoms with Gasteiger partial charge in [-0.1, -0.05) is 41.5 Å². The van der Waals surface area contributed by atoms with Crippen molar-refractivity contribution in [3.05, 3.63) is 33.1 Å². The SMILES string of the molecule is CC(C)(C)[Si](C)(C)OC[C@@]12COC(O)[C@@H]([C@H](n3ccc(=O)[nH]c3=O)O1)[C@@H]2O[Si](C)(C)C(C)(C)C. The maximum Gasteiger partial charge on any atom is 0.330 e. The summed E-state index contributed by atoms with van der Waals surface area (Å²) in [5, 5.41) is 10.8. The molecule has 0 aromatic carbocycles. The molecule has 194 valence electrons. The van der Waals surface area contributed by atoms with Crippen LogP contribution in [0.15, 0.2) is 21.9 Å². The van der Waals surface area contributed by atoms with Crippen molar-refractivity contribution in [2.24, 2.45) is 5.92 Å². The fourth-order valence-electron chi connectivity index (χ4n) is 3.86. The van der Waals surface area contributed by atoms with E-state index in [1.807, 2.05) is 0 Å². The molecular formula is C23H42N2O7Si2. The summed E-state index contributed by atoms with van der Waals surface area (Å²) >= 11 is 0. The first kappa shape index (κ1) is 27.5. The van der Waals surface area contributed by atoms with Crippen molar-refractivity contribution in [2.45, 2.75) is 102 Å². The molecule has 0 saturated carbocycles. The Bertz CT molecular complexity index is 1010. The van der Waals surface area contributed by atoms with Crippen LogP contribution in [-0.4, -0.2) is 62.5 Å². The molecule has 11 heteroatoms. The van der Waals surface area contributed by atoms with E-state index in [4.69, 9.17) is 18.3 Å². The first-order valence-electron chi connectivity index (χ1n) is 11.9. The third-order valence-electron chi connectivity index (χ3n) is 8.22. The quantitative estimate of drug-likeness (QED) is 0.561. The van der Waals surface area contributed by atoms with Crippen LogP contribution in [0.1, 0.15) is 47.8 Å². The van der Waals surface area contributed by atoms with Gasteiger partial charge in [-0.3, -0.25) is 14.3 Å². The Labute approximate surface area is 204 Å². The van der Waals surface area contributed by atoms with Crippen molar-refractivity contribution in [1.29, 1.82) is 0 Å². The Hall–Kier alpha value is -1.09. The summed E-state index contributed by atoms with van der Waals surface area (Å²) in [5.41, 5.74) is -2.11. The topological polar surface area (TPSA) is 112 Å². The van der Waals surface area contributed by atoms with Gasteiger partial charge in [0, 0.05) is 12.3 Å². The van der Waals surface area contributed by atoms with Gasteiger partial charge in [0.05, 0.1) is 25.2 Å². The van der Waals surface area contributed by atoms with Crippen molar-refractivity contribution >= 4 is 16.6 Å². The summed E-state index contributed by atoms with van der Waals surface area (Å²) in [6.45, 7) is 21.9. The molecule has 2 bridgehead atoms. The molecule has 1 unspecified atom stereocenters. The molecule has 0 spiro atoms. The van der Waals surface area contributed by atoms with Gasteiger partial charge >= 0.3 is 5.69 Å². The van der Waals surface area contributed by atoms with Crippen LogP contribution in [0.2, 0.25) is 36.3 Å². The summed E-state index contributed by atoms with van der Waals surface area (Å²) in [6, 6.07) is 1.27. The predicted molar refractivity (Wildman–Crippen MR) is 135 cm³/mol. The zero-order valence-electron chi connectivity index (χ0n) is 22.2. The molecule has 2 N–H and O–H groups in total. The van der Waals surface area contributed by atoms with E-state index in [0.717, 1.165) is 0 Å². The van der Waals surface area contributed by atoms with Crippen LogP contribution in [0.5, 0.6) is 0 Å². The number of H-pyrrole nitrogens is 1. The lowest BCUT2D eigenvalue weighted by molar-refractivity contribution is -0.221. The van der Waals surface area contributed by atoms with Crippen LogP contribution in [0.4, 0.5) is 0 Å². The summed E-state index contributed by atoms with van der Waals surface area (Å²) in [5.74, 6) is -0.672. The molecular weight excluding hydrogens is 472 g/mol. The normalized spacial score (nSPS) is 30.6. The number of hydrogen-bond acceptors (Lipinski definition) is 7. The highest BCUT2D eigenvalue weighted by Gasteiger charge is 2.65. The molecule has 0 aliphatic carbocycles. The molecule has 0 radical (unpaired) electrons. The Morgan fingerprint density at radius 1 is 1.12 bits per heavy atom. The standard InChI is InChI=1S/C23H42N2O7Si2/c1-21(2,3)33(7,8)30-14-23-13-29-19(27)16(17(23)32-34(9,10)22(4,5)6)18(31-23)25-12-11-15(26)24-20(25)28/h11-12,16-19,27H,13-14H2,1-10H3,(H,24,26,28)/t16-,17+,18-,19?,23-/m1/s1. The number of aromatic amines is 1. The number of fused-ring (bicyclic) bond motifs is 2. The second kappa shape index (κ2) is 8.79. The highest BCUT2D eigenvalue weighted by molar-refractivity contribution is 6.74. The lowest BCUT2D eigenvalue weighted by Gasteiger charge is -2.48. The Balaban J connectivity index is 2.08. The van der Waals surface area contributed by atoms with E-state index in [1.54, 1.807) is 0 Å². The predicted octanol–water partition coefficient (Wildman–Crippen LogP) is 3.18. The van der Waals surface area contributed by atoms with Crippen LogP contribution in [0.3, 0.4) is 0 Å². The average molecular weight is 515 g/mol. The van der Waals surface area contributed by atoms with Gasteiger partial charge < -0.3 is 23.4 Å². The molecule has 34 heavy (non-hydrogen) atoms. The minimum atomic E-state index is -2.31. The van der Waals surface area contributed by atoms with Gasteiger partial charge in [-0.15, -0.1) is 0 Å². The average Bonchev–Trinajstić information content (AvgIpc) is 2.87. The molecule has 1 aromatic rings. The minimum Gasteiger partial charge on any atom is -0.414 e. The van der Waals surface area contributed by atoms with Crippen molar-refractivity contribution < 1.29 is 23.4 Å². The Morgan fingerprint density at radius 2 is 1.71 bits per heavy atom. The number of aliphatic hydroxyl groups is 1. The summed E-state index contributed by atoms with van der Waals surface area (Å²) in [6.07, 6.45) is -1.22. The maximum atomic E-state index is 12.7. The smallest absolute Gasteiger partial charge is 0.330 e. The fraction of sp³-hybridized carbons (Fsp3) is 0.826. The fourth-order valence-corrected chi connectivity index (χ4v) is 6.26. The lowest BCUT2D eigenvalue weighted by Crippen LogP contribution is -2.62. The van der Waals surface area contributed by atoms with Gasteiger partial charge in [-0.05, 0) is 36.3 Å². The van der Waals surface area contributed by atoms with Gasteiger partial charge in [0.15, 0.2) is 22.9 Å². The molecule has 2 saturated heterocycles. The van der Waals surface area contributed by atoms with Crippen LogP contribution in [0, 0.1) is 5.92 Å². The third-order valence-corrected chi connectivity index (χ3v) is 17.2. The van der Waals surface area contributed by atoms with Crippen molar-refractivity contribution in [2.75, 3.05) is 13.2 Å². The van der Waals surface area contributed by atoms with Crippen LogP contribution in [0.25, 0.3) is 0 Å². The minimum absolute atomic E-state index is 0.0122. The molecule has 9 nitrogen and oxygen atoms in total. The zero-order valence-corrected chi connectivity index (χ0v) is 24.2. The van der Waals surface area contributed by atoms with Crippen LogP contribution >= 0.6 is 0 Å². The van der Waals surface area contributed by atoms with Crippen molar-refractivity contribution in [3.8, 4) is 0 Å². The first-order valence-corrected chi connectivity index (χ1v) is 17.7. The second-order valence-corrected chi connectivity index (χ2v) is 22.3. The number of aliphatic hydroxyl groups excluding tert-OH is 1. The third kappa shape index (κ3) is 4.93. The molecule has 2 aliphatic heterocycles. The Morgan fingerprint density at radius 3 is 2.24 bits per heavy atom. The van der Waals surface area contributed by atoms with E-state index in [9.17, 15) is 14.7 Å². The first-order chi connectivity index (χ1) is 15.3. The van der Waals surface area contributed by atoms with E-state index < -0.39 is 58.0 Å². The van der Waals surface area contributed by atoms with Gasteiger partial charge in [0.1, 0.15) is 11.8 Å². The molecule has 3 heterocycles. The molecule has 3 rings (SSSR count). The highest BCUT2D eigenvalue weighted by atomic mass is 28.4. The zero-order chi connectivity index (χ0) is 25.9. The van der Waals surface area contributed by atoms with E-state index >= 15 is 0 Å². The van der Waals surface area contributed by atoms with E-state index in [2.05, 4.69) is 72.7 Å². The van der Waals surface area contributed by atoms with Crippen LogP contribution < -0.4 is 11.2 Å². The number of hydrogen-bond donors (Lipinski definition) is 2. The molecule has 2 fully saturated rings. The van der Waals surface area contributed by atoms with Gasteiger partial charge in [0.2, 0.25) is 0 Å². The van der Waals surface area contributed by atoms with Crippen molar-refractivity contribution in [1.82, 2.24) is 9.55 Å². The van der Waals surface area contributed by atoms with Gasteiger partial charge in [-0.25, -0.2) is 4.79 Å². The van der Waals surface area contributed by atoms with Gasteiger partial charge in [0.25, 0.3) is 5.56 Å². The highest BCUT2D eigenvalue weighted by Crippen LogP contribution is 2.52. The summed E-state index contributed by atoms with van der Waals surface area (Å²) in [4.78, 5) is 26.6. The second-order valence-electron chi connectivity index (χ2n) is 12.7. The number of nitrogens with one attached hydrogen (secondary N) is 1. The summed E-state index contributed by atoms with van der Waals surface area (Å²) < 4.78 is 27.2. The summed E-state index contributed by atoms with van der Waals surface area (Å²) in [7, 11) is -4.47. The van der Waals surface area contributed by atoms with Gasteiger partial charge in [-0.2, -0.15) is 0 Å². The lowest BCUT2D eigenvalue weighted by atomic mass is 9.87. The number of nitrogens with zero attached hydrogens (tertiary/aromatic N) is 1. The number of ether oxygens (including phenoxy) is 2. The van der Waals surface area contributed by atoms with E-state index in [-0.39, 0.29) is 23.3 Å². The van der Waals surface area contributed by atoms with E-state index in [0.29, 0.717) is 0 Å². The van der Waals surface area contributed by atoms with E-state index in [1.165, 1.54) is 16.8 Å². The number of rotatable bonds is 6.